The van der Waals surface area contributed by atoms with Crippen molar-refractivity contribution in [2.75, 3.05) is 0 Å². The maximum atomic E-state index is 6.23. The molecule has 4 radical (unpaired) electrons. The van der Waals surface area contributed by atoms with Crippen molar-refractivity contribution in [3.05, 3.63) is 35.9 Å². The summed E-state index contributed by atoms with van der Waals surface area (Å²) >= 11 is 24.1. The third-order valence-corrected chi connectivity index (χ3v) is 10.8. The minimum atomic E-state index is -2.30. The number of nitrogens with zero attached hydrogens (tertiary/aromatic N) is 1. The first-order valence-corrected chi connectivity index (χ1v) is 9.21. The Morgan fingerprint density at radius 3 is 2.00 bits per heavy atom. The summed E-state index contributed by atoms with van der Waals surface area (Å²) < 4.78 is 0.346. The SMILES string of the molecule is C[Si](C)(N(Cl)Cc1ccccc1)C(Cl)(Cl)Cl.[Sn]. The smallest absolute Gasteiger partial charge is 0.199 e. The second-order valence-corrected chi connectivity index (χ2v) is 12.4. The molecule has 0 aromatic heterocycles. The van der Waals surface area contributed by atoms with Gasteiger partial charge in [-0.25, -0.2) is 4.08 Å². The van der Waals surface area contributed by atoms with Gasteiger partial charge in [0.05, 0.1) is 0 Å². The zero-order valence-corrected chi connectivity index (χ0v) is 16.4. The van der Waals surface area contributed by atoms with Crippen molar-refractivity contribution >= 4 is 78.7 Å². The third-order valence-electron chi connectivity index (χ3n) is 2.46. The van der Waals surface area contributed by atoms with Gasteiger partial charge in [0.15, 0.2) is 11.7 Å². The van der Waals surface area contributed by atoms with Gasteiger partial charge in [0.2, 0.25) is 0 Å². The van der Waals surface area contributed by atoms with Crippen molar-refractivity contribution in [1.82, 2.24) is 4.08 Å². The van der Waals surface area contributed by atoms with E-state index in [0.29, 0.717) is 6.54 Å². The topological polar surface area (TPSA) is 3.24 Å². The Morgan fingerprint density at radius 2 is 1.59 bits per heavy atom. The second-order valence-electron chi connectivity index (χ2n) is 4.06. The summed E-state index contributed by atoms with van der Waals surface area (Å²) in [6.45, 7) is 4.43. The summed E-state index contributed by atoms with van der Waals surface area (Å²) in [7, 11) is -2.30. The molecule has 0 aliphatic carbocycles. The molecule has 94 valence electrons. The van der Waals surface area contributed by atoms with Gasteiger partial charge in [-0.15, -0.1) is 0 Å². The zero-order valence-electron chi connectivity index (χ0n) is 9.55. The molecule has 0 bridgehead atoms. The summed E-state index contributed by atoms with van der Waals surface area (Å²) in [4.78, 5) is 0. The molecule has 0 aliphatic rings. The molecule has 0 atom stereocenters. The molecule has 0 saturated carbocycles. The molecule has 0 N–H and O–H groups in total. The predicted molar refractivity (Wildman–Crippen MR) is 81.4 cm³/mol. The molecule has 1 nitrogen and oxygen atoms in total. The van der Waals surface area contributed by atoms with E-state index < -0.39 is 11.7 Å². The van der Waals surface area contributed by atoms with Crippen LogP contribution in [0.4, 0.5) is 0 Å². The van der Waals surface area contributed by atoms with E-state index in [2.05, 4.69) is 0 Å². The van der Waals surface area contributed by atoms with Gasteiger partial charge < -0.3 is 0 Å². The Hall–Kier alpha value is 1.36. The van der Waals surface area contributed by atoms with Crippen LogP contribution >= 0.6 is 46.6 Å². The van der Waals surface area contributed by atoms with Crippen molar-refractivity contribution in [2.24, 2.45) is 0 Å². The van der Waals surface area contributed by atoms with Crippen LogP contribution in [-0.4, -0.2) is 39.6 Å². The van der Waals surface area contributed by atoms with E-state index >= 15 is 0 Å². The monoisotopic (exact) mass is 435 g/mol. The Bertz CT molecular complexity index is 342. The van der Waals surface area contributed by atoms with Gasteiger partial charge in [-0.1, -0.05) is 78.2 Å². The minimum absolute atomic E-state index is 0. The number of alkyl halides is 3. The van der Waals surface area contributed by atoms with Gasteiger partial charge in [-0.05, 0) is 17.3 Å². The predicted octanol–water partition coefficient (Wildman–Crippen LogP) is 4.38. The maximum Gasteiger partial charge on any atom is 0.199 e. The molecule has 0 heterocycles. The van der Waals surface area contributed by atoms with Crippen LogP contribution in [0.15, 0.2) is 30.3 Å². The zero-order chi connectivity index (χ0) is 12.4. The van der Waals surface area contributed by atoms with Gasteiger partial charge in [-0.2, -0.15) is 0 Å². The van der Waals surface area contributed by atoms with E-state index in [1.165, 1.54) is 0 Å². The van der Waals surface area contributed by atoms with Crippen molar-refractivity contribution in [3.63, 3.8) is 0 Å². The Kier molecular flexibility index (Phi) is 7.80. The summed E-state index contributed by atoms with van der Waals surface area (Å²) in [5.41, 5.74) is 1.10. The van der Waals surface area contributed by atoms with E-state index in [-0.39, 0.29) is 23.9 Å². The Balaban J connectivity index is 0.00000256. The Labute approximate surface area is 141 Å². The quantitative estimate of drug-likeness (QED) is 0.387. The minimum Gasteiger partial charge on any atom is -0.233 e. The van der Waals surface area contributed by atoms with Crippen molar-refractivity contribution in [3.8, 4) is 0 Å². The first-order chi connectivity index (χ1) is 7.25. The summed E-state index contributed by atoms with van der Waals surface area (Å²) in [6.07, 6.45) is 0. The molecular formula is C10H13Cl4NSiSn. The third kappa shape index (κ3) is 5.09. The first kappa shape index (κ1) is 18.4. The van der Waals surface area contributed by atoms with Crippen LogP contribution in [0.2, 0.25) is 13.1 Å². The van der Waals surface area contributed by atoms with Crippen LogP contribution in [0.3, 0.4) is 0 Å². The summed E-state index contributed by atoms with van der Waals surface area (Å²) in [6, 6.07) is 9.88. The van der Waals surface area contributed by atoms with Crippen LogP contribution < -0.4 is 0 Å². The molecule has 0 amide bonds. The molecule has 0 saturated heterocycles. The average Bonchev–Trinajstić information content (AvgIpc) is 2.17. The maximum absolute atomic E-state index is 6.23. The number of rotatable bonds is 3. The number of benzene rings is 1. The van der Waals surface area contributed by atoms with Crippen LogP contribution in [0.5, 0.6) is 0 Å². The molecule has 1 aromatic carbocycles. The fourth-order valence-electron chi connectivity index (χ4n) is 1.08. The van der Waals surface area contributed by atoms with Crippen molar-refractivity contribution in [1.29, 1.82) is 0 Å². The van der Waals surface area contributed by atoms with Crippen LogP contribution in [0, 0.1) is 0 Å². The van der Waals surface area contributed by atoms with Gasteiger partial charge >= 0.3 is 0 Å². The number of hydrogen-bond donors (Lipinski definition) is 0. The molecule has 0 aliphatic heterocycles. The molecule has 1 aromatic rings. The number of hydrogen-bond acceptors (Lipinski definition) is 1. The van der Waals surface area contributed by atoms with E-state index in [1.54, 1.807) is 4.08 Å². The van der Waals surface area contributed by atoms with Gasteiger partial charge in [0.1, 0.15) is 0 Å². The van der Waals surface area contributed by atoms with E-state index in [4.69, 9.17) is 46.6 Å². The van der Waals surface area contributed by atoms with E-state index in [9.17, 15) is 0 Å². The van der Waals surface area contributed by atoms with Crippen LogP contribution in [0.25, 0.3) is 0 Å². The van der Waals surface area contributed by atoms with Gasteiger partial charge in [0.25, 0.3) is 0 Å². The van der Waals surface area contributed by atoms with Crippen molar-refractivity contribution < 1.29 is 0 Å². The molecule has 0 spiro atoms. The molecule has 17 heavy (non-hydrogen) atoms. The average molecular weight is 436 g/mol. The second kappa shape index (κ2) is 7.22. The fraction of sp³-hybridized carbons (Fsp3) is 0.400. The molecule has 0 fully saturated rings. The van der Waals surface area contributed by atoms with E-state index in [1.807, 2.05) is 43.4 Å². The van der Waals surface area contributed by atoms with Crippen LogP contribution in [0.1, 0.15) is 5.56 Å². The van der Waals surface area contributed by atoms with Crippen LogP contribution in [-0.2, 0) is 6.54 Å². The largest absolute Gasteiger partial charge is 0.233 e. The fourth-order valence-corrected chi connectivity index (χ4v) is 3.76. The molecule has 7 heteroatoms. The summed E-state index contributed by atoms with van der Waals surface area (Å²) in [5, 5.41) is 0. The standard InChI is InChI=1S/C10H13Cl4NSi.Sn/c1-16(2,10(11,12)13)15(14)8-9-6-4-3-5-7-9;/h3-7H,8H2,1-2H3;. The van der Waals surface area contributed by atoms with Gasteiger partial charge in [-0.3, -0.25) is 0 Å². The first-order valence-electron chi connectivity index (χ1n) is 4.79. The summed E-state index contributed by atoms with van der Waals surface area (Å²) in [5.74, 6) is 0. The molecular weight excluding hydrogens is 423 g/mol. The molecule has 0 unspecified atom stereocenters. The normalized spacial score (nSPS) is 12.4. The Morgan fingerprint density at radius 1 is 1.12 bits per heavy atom. The van der Waals surface area contributed by atoms with Crippen molar-refractivity contribution in [2.45, 2.75) is 23.1 Å². The number of halogens is 4. The molecule has 1 rings (SSSR count). The van der Waals surface area contributed by atoms with Gasteiger partial charge in [0, 0.05) is 30.5 Å². The van der Waals surface area contributed by atoms with E-state index in [0.717, 1.165) is 5.56 Å².